The van der Waals surface area contributed by atoms with Crippen LogP contribution in [0.3, 0.4) is 0 Å². The highest BCUT2D eigenvalue weighted by molar-refractivity contribution is 4.95. The standard InChI is InChI=1S/C10H18N4/c1-14-12-8-10(13-14)7-9-5-3-2-4-6-11-9/h8-9,11H,2-7H2,1H3. The number of nitrogens with zero attached hydrogens (tertiary/aromatic N) is 3. The first-order valence-corrected chi connectivity index (χ1v) is 5.43. The summed E-state index contributed by atoms with van der Waals surface area (Å²) in [6.07, 6.45) is 8.19. The van der Waals surface area contributed by atoms with E-state index in [2.05, 4.69) is 15.5 Å². The molecule has 1 aliphatic heterocycles. The Morgan fingerprint density at radius 1 is 1.50 bits per heavy atom. The molecule has 0 radical (unpaired) electrons. The summed E-state index contributed by atoms with van der Waals surface area (Å²) in [7, 11) is 1.87. The van der Waals surface area contributed by atoms with E-state index >= 15 is 0 Å². The Kier molecular flexibility index (Phi) is 3.14. The minimum atomic E-state index is 0.606. The summed E-state index contributed by atoms with van der Waals surface area (Å²) in [5, 5.41) is 11.9. The van der Waals surface area contributed by atoms with Gasteiger partial charge in [0.05, 0.1) is 11.9 Å². The van der Waals surface area contributed by atoms with E-state index in [1.807, 2.05) is 13.2 Å². The van der Waals surface area contributed by atoms with Gasteiger partial charge in [-0.1, -0.05) is 12.8 Å². The largest absolute Gasteiger partial charge is 0.314 e. The first kappa shape index (κ1) is 9.65. The van der Waals surface area contributed by atoms with E-state index in [-0.39, 0.29) is 0 Å². The second kappa shape index (κ2) is 4.55. The number of hydrogen-bond acceptors (Lipinski definition) is 3. The maximum atomic E-state index is 4.30. The zero-order valence-electron chi connectivity index (χ0n) is 8.74. The molecular weight excluding hydrogens is 176 g/mol. The first-order chi connectivity index (χ1) is 6.84. The average Bonchev–Trinajstić information content (AvgIpc) is 2.43. The van der Waals surface area contributed by atoms with Gasteiger partial charge in [0, 0.05) is 19.5 Å². The molecule has 2 heterocycles. The van der Waals surface area contributed by atoms with Crippen molar-refractivity contribution in [1.82, 2.24) is 20.3 Å². The van der Waals surface area contributed by atoms with Gasteiger partial charge in [-0.25, -0.2) is 0 Å². The molecule has 0 spiro atoms. The molecular formula is C10H18N4. The van der Waals surface area contributed by atoms with Crippen LogP contribution in [0.25, 0.3) is 0 Å². The van der Waals surface area contributed by atoms with Crippen LogP contribution in [0.15, 0.2) is 6.20 Å². The fourth-order valence-corrected chi connectivity index (χ4v) is 2.01. The molecule has 2 rings (SSSR count). The van der Waals surface area contributed by atoms with Crippen LogP contribution in [0.2, 0.25) is 0 Å². The van der Waals surface area contributed by atoms with Gasteiger partial charge in [-0.05, 0) is 19.4 Å². The van der Waals surface area contributed by atoms with Crippen molar-refractivity contribution < 1.29 is 0 Å². The Morgan fingerprint density at radius 3 is 3.21 bits per heavy atom. The summed E-state index contributed by atoms with van der Waals surface area (Å²) in [5.41, 5.74) is 1.10. The fraction of sp³-hybridized carbons (Fsp3) is 0.800. The highest BCUT2D eigenvalue weighted by Gasteiger charge is 2.13. The lowest BCUT2D eigenvalue weighted by Crippen LogP contribution is -2.30. The van der Waals surface area contributed by atoms with E-state index in [9.17, 15) is 0 Å². The molecule has 14 heavy (non-hydrogen) atoms. The highest BCUT2D eigenvalue weighted by atomic mass is 15.4. The van der Waals surface area contributed by atoms with Crippen LogP contribution < -0.4 is 5.32 Å². The van der Waals surface area contributed by atoms with E-state index in [4.69, 9.17) is 0 Å². The Morgan fingerprint density at radius 2 is 2.43 bits per heavy atom. The highest BCUT2D eigenvalue weighted by Crippen LogP contribution is 2.11. The molecule has 0 bridgehead atoms. The van der Waals surface area contributed by atoms with Crippen molar-refractivity contribution in [1.29, 1.82) is 0 Å². The van der Waals surface area contributed by atoms with Crippen LogP contribution in [0.1, 0.15) is 31.4 Å². The van der Waals surface area contributed by atoms with Gasteiger partial charge in [-0.2, -0.15) is 15.0 Å². The number of aromatic nitrogens is 3. The molecule has 1 saturated heterocycles. The summed E-state index contributed by atoms with van der Waals surface area (Å²) in [6, 6.07) is 0.606. The predicted molar refractivity (Wildman–Crippen MR) is 55.0 cm³/mol. The van der Waals surface area contributed by atoms with Gasteiger partial charge in [0.15, 0.2) is 0 Å². The molecule has 4 nitrogen and oxygen atoms in total. The van der Waals surface area contributed by atoms with E-state index < -0.39 is 0 Å². The molecule has 1 atom stereocenters. The summed E-state index contributed by atoms with van der Waals surface area (Å²) >= 11 is 0. The van der Waals surface area contributed by atoms with Gasteiger partial charge in [0.2, 0.25) is 0 Å². The summed E-state index contributed by atoms with van der Waals surface area (Å²) < 4.78 is 0. The molecule has 1 aromatic heterocycles. The Bertz CT molecular complexity index is 273. The first-order valence-electron chi connectivity index (χ1n) is 5.43. The number of aryl methyl sites for hydroxylation is 1. The Balaban J connectivity index is 1.89. The number of nitrogens with one attached hydrogen (secondary N) is 1. The molecule has 4 heteroatoms. The van der Waals surface area contributed by atoms with Crippen molar-refractivity contribution in [3.63, 3.8) is 0 Å². The zero-order chi connectivity index (χ0) is 9.80. The summed E-state index contributed by atoms with van der Waals surface area (Å²) in [5.74, 6) is 0. The van der Waals surface area contributed by atoms with Crippen LogP contribution in [-0.4, -0.2) is 27.6 Å². The maximum Gasteiger partial charge on any atom is 0.0842 e. The van der Waals surface area contributed by atoms with Gasteiger partial charge >= 0.3 is 0 Å². The SMILES string of the molecule is Cn1ncc(CC2CCCCCN2)n1. The Labute approximate surface area is 84.7 Å². The summed E-state index contributed by atoms with van der Waals surface area (Å²) in [4.78, 5) is 1.63. The molecule has 0 aromatic carbocycles. The van der Waals surface area contributed by atoms with Crippen molar-refractivity contribution in [2.24, 2.45) is 7.05 Å². The van der Waals surface area contributed by atoms with E-state index in [1.54, 1.807) is 4.80 Å². The van der Waals surface area contributed by atoms with E-state index in [0.29, 0.717) is 6.04 Å². The molecule has 1 aromatic rings. The predicted octanol–water partition coefficient (Wildman–Crippen LogP) is 0.890. The van der Waals surface area contributed by atoms with Crippen molar-refractivity contribution >= 4 is 0 Å². The van der Waals surface area contributed by atoms with Crippen molar-refractivity contribution in [2.75, 3.05) is 6.54 Å². The van der Waals surface area contributed by atoms with Crippen molar-refractivity contribution in [2.45, 2.75) is 38.1 Å². The number of rotatable bonds is 2. The molecule has 78 valence electrons. The second-order valence-corrected chi connectivity index (χ2v) is 4.03. The van der Waals surface area contributed by atoms with Crippen LogP contribution >= 0.6 is 0 Å². The molecule has 1 unspecified atom stereocenters. The van der Waals surface area contributed by atoms with Crippen LogP contribution in [0.4, 0.5) is 0 Å². The third-order valence-corrected chi connectivity index (χ3v) is 2.76. The molecule has 1 N–H and O–H groups in total. The monoisotopic (exact) mass is 194 g/mol. The van der Waals surface area contributed by atoms with Crippen LogP contribution in [0, 0.1) is 0 Å². The normalized spacial score (nSPS) is 23.4. The lowest BCUT2D eigenvalue weighted by Gasteiger charge is -2.13. The lowest BCUT2D eigenvalue weighted by atomic mass is 10.1. The van der Waals surface area contributed by atoms with E-state index in [1.165, 1.54) is 25.7 Å². The van der Waals surface area contributed by atoms with Gasteiger partial charge < -0.3 is 5.32 Å². The Hall–Kier alpha value is -0.900. The molecule has 1 aliphatic rings. The van der Waals surface area contributed by atoms with Gasteiger partial charge in [-0.15, -0.1) is 0 Å². The third kappa shape index (κ3) is 2.54. The van der Waals surface area contributed by atoms with Crippen LogP contribution in [-0.2, 0) is 13.5 Å². The minimum absolute atomic E-state index is 0.606. The fourth-order valence-electron chi connectivity index (χ4n) is 2.01. The summed E-state index contributed by atoms with van der Waals surface area (Å²) in [6.45, 7) is 1.16. The smallest absolute Gasteiger partial charge is 0.0842 e. The van der Waals surface area contributed by atoms with Gasteiger partial charge in [0.25, 0.3) is 0 Å². The topological polar surface area (TPSA) is 42.7 Å². The van der Waals surface area contributed by atoms with Gasteiger partial charge in [0.1, 0.15) is 0 Å². The molecule has 0 saturated carbocycles. The van der Waals surface area contributed by atoms with E-state index in [0.717, 1.165) is 18.7 Å². The zero-order valence-corrected chi connectivity index (χ0v) is 8.74. The van der Waals surface area contributed by atoms with Crippen molar-refractivity contribution in [3.05, 3.63) is 11.9 Å². The second-order valence-electron chi connectivity index (χ2n) is 4.03. The van der Waals surface area contributed by atoms with Crippen molar-refractivity contribution in [3.8, 4) is 0 Å². The maximum absolute atomic E-state index is 4.30. The minimum Gasteiger partial charge on any atom is -0.314 e. The number of hydrogen-bond donors (Lipinski definition) is 1. The molecule has 0 aliphatic carbocycles. The average molecular weight is 194 g/mol. The van der Waals surface area contributed by atoms with Gasteiger partial charge in [-0.3, -0.25) is 0 Å². The van der Waals surface area contributed by atoms with Crippen LogP contribution in [0.5, 0.6) is 0 Å². The quantitative estimate of drug-likeness (QED) is 0.760. The molecule has 0 amide bonds. The lowest BCUT2D eigenvalue weighted by molar-refractivity contribution is 0.499. The molecule has 1 fully saturated rings. The third-order valence-electron chi connectivity index (χ3n) is 2.76.